The molecule has 0 aliphatic carbocycles. The molecule has 0 bridgehead atoms. The molecule has 0 unspecified atom stereocenters. The molecule has 2 aromatic carbocycles. The Hall–Kier alpha value is -2.09. The number of nitrogens with zero attached hydrogens (tertiary/aromatic N) is 1. The highest BCUT2D eigenvalue weighted by Crippen LogP contribution is 2.32. The van der Waals surface area contributed by atoms with Gasteiger partial charge in [-0.05, 0) is 18.2 Å². The maximum atomic E-state index is 13.2. The second-order valence-electron chi connectivity index (χ2n) is 4.45. The second-order valence-corrected chi connectivity index (χ2v) is 5.67. The average Bonchev–Trinajstić information content (AvgIpc) is 2.50. The molecule has 0 radical (unpaired) electrons. The molecule has 0 saturated carbocycles. The van der Waals surface area contributed by atoms with Gasteiger partial charge in [-0.3, -0.25) is 14.9 Å². The fourth-order valence-corrected chi connectivity index (χ4v) is 2.30. The van der Waals surface area contributed by atoms with Crippen molar-refractivity contribution in [2.75, 3.05) is 11.9 Å². The highest BCUT2D eigenvalue weighted by Gasteiger charge is 2.17. The zero-order valence-corrected chi connectivity index (χ0v) is 14.0. The first kappa shape index (κ1) is 18.3. The molecule has 0 spiro atoms. The number of benzene rings is 2. The largest absolute Gasteiger partial charge is 0.477 e. The standard InChI is InChI=1S/C14H8Cl3FN2O4/c15-8-4-10(17)11(5-9(8)16)19-14(21)6-24-13-3-7(18)1-2-12(13)20(22)23/h1-5H,6H2,(H,19,21). The van der Waals surface area contributed by atoms with Crippen LogP contribution in [-0.2, 0) is 4.79 Å². The van der Waals surface area contributed by atoms with Crippen molar-refractivity contribution >= 4 is 52.1 Å². The van der Waals surface area contributed by atoms with Crippen molar-refractivity contribution in [1.29, 1.82) is 0 Å². The molecule has 0 aliphatic rings. The number of halogens is 4. The van der Waals surface area contributed by atoms with E-state index in [-0.39, 0.29) is 26.5 Å². The number of rotatable bonds is 5. The van der Waals surface area contributed by atoms with Crippen LogP contribution in [0, 0.1) is 15.9 Å². The molecular formula is C14H8Cl3FN2O4. The number of nitro groups is 1. The van der Waals surface area contributed by atoms with E-state index in [1.54, 1.807) is 0 Å². The molecule has 0 heterocycles. The van der Waals surface area contributed by atoms with Gasteiger partial charge in [-0.2, -0.15) is 0 Å². The average molecular weight is 394 g/mol. The van der Waals surface area contributed by atoms with Crippen molar-refractivity contribution in [1.82, 2.24) is 0 Å². The monoisotopic (exact) mass is 392 g/mol. The number of carbonyl (C=O) groups excluding carboxylic acids is 1. The van der Waals surface area contributed by atoms with E-state index in [0.717, 1.165) is 18.2 Å². The third-order valence-electron chi connectivity index (χ3n) is 2.76. The summed E-state index contributed by atoms with van der Waals surface area (Å²) in [6.45, 7) is -0.596. The molecule has 126 valence electrons. The minimum absolute atomic E-state index is 0.148. The maximum Gasteiger partial charge on any atom is 0.311 e. The fourth-order valence-electron chi connectivity index (χ4n) is 1.70. The number of ether oxygens (including phenoxy) is 1. The second kappa shape index (κ2) is 7.65. The summed E-state index contributed by atoms with van der Waals surface area (Å²) >= 11 is 17.5. The molecule has 0 fully saturated rings. The first-order chi connectivity index (χ1) is 11.3. The lowest BCUT2D eigenvalue weighted by Crippen LogP contribution is -2.20. The molecule has 2 aromatic rings. The van der Waals surface area contributed by atoms with Crippen molar-refractivity contribution in [3.05, 3.63) is 61.3 Å². The molecule has 0 saturated heterocycles. The Morgan fingerprint density at radius 1 is 1.17 bits per heavy atom. The van der Waals surface area contributed by atoms with Crippen molar-refractivity contribution in [3.8, 4) is 5.75 Å². The molecule has 1 amide bonds. The third kappa shape index (κ3) is 4.47. The van der Waals surface area contributed by atoms with Crippen LogP contribution < -0.4 is 10.1 Å². The van der Waals surface area contributed by atoms with Gasteiger partial charge in [0.2, 0.25) is 5.75 Å². The van der Waals surface area contributed by atoms with E-state index in [1.807, 2.05) is 0 Å². The molecule has 24 heavy (non-hydrogen) atoms. The van der Waals surface area contributed by atoms with E-state index in [4.69, 9.17) is 39.5 Å². The Morgan fingerprint density at radius 2 is 1.83 bits per heavy atom. The molecule has 6 nitrogen and oxygen atoms in total. The van der Waals surface area contributed by atoms with Crippen LogP contribution in [0.15, 0.2) is 30.3 Å². The van der Waals surface area contributed by atoms with E-state index in [9.17, 15) is 19.3 Å². The van der Waals surface area contributed by atoms with Gasteiger partial charge in [0.1, 0.15) is 5.82 Å². The first-order valence-electron chi connectivity index (χ1n) is 6.29. The van der Waals surface area contributed by atoms with Crippen LogP contribution in [0.4, 0.5) is 15.8 Å². The number of carbonyl (C=O) groups is 1. The van der Waals surface area contributed by atoms with Gasteiger partial charge in [-0.1, -0.05) is 34.8 Å². The van der Waals surface area contributed by atoms with Crippen LogP contribution in [0.25, 0.3) is 0 Å². The maximum absolute atomic E-state index is 13.2. The summed E-state index contributed by atoms with van der Waals surface area (Å²) in [5.74, 6) is -1.77. The highest BCUT2D eigenvalue weighted by atomic mass is 35.5. The summed E-state index contributed by atoms with van der Waals surface area (Å²) < 4.78 is 18.2. The lowest BCUT2D eigenvalue weighted by atomic mass is 10.3. The minimum atomic E-state index is -0.748. The number of nitro benzene ring substituents is 1. The highest BCUT2D eigenvalue weighted by molar-refractivity contribution is 6.44. The van der Waals surface area contributed by atoms with Crippen molar-refractivity contribution in [3.63, 3.8) is 0 Å². The SMILES string of the molecule is O=C(COc1cc(F)ccc1[N+](=O)[O-])Nc1cc(Cl)c(Cl)cc1Cl. The summed E-state index contributed by atoms with van der Waals surface area (Å²) in [6.07, 6.45) is 0. The van der Waals surface area contributed by atoms with Crippen LogP contribution in [0.5, 0.6) is 5.75 Å². The topological polar surface area (TPSA) is 81.5 Å². The van der Waals surface area contributed by atoms with Crippen LogP contribution in [0.2, 0.25) is 15.1 Å². The Kier molecular flexibility index (Phi) is 5.82. The molecule has 0 atom stereocenters. The summed E-state index contributed by atoms with van der Waals surface area (Å²) in [4.78, 5) is 22.0. The summed E-state index contributed by atoms with van der Waals surface area (Å²) in [5, 5.41) is 13.8. The van der Waals surface area contributed by atoms with E-state index in [2.05, 4.69) is 5.32 Å². The van der Waals surface area contributed by atoms with Gasteiger partial charge < -0.3 is 10.1 Å². The number of amides is 1. The van der Waals surface area contributed by atoms with Gasteiger partial charge >= 0.3 is 5.69 Å². The van der Waals surface area contributed by atoms with Gasteiger partial charge in [0.25, 0.3) is 5.91 Å². The van der Waals surface area contributed by atoms with Crippen LogP contribution in [0.1, 0.15) is 0 Å². The molecule has 1 N–H and O–H groups in total. The zero-order valence-electron chi connectivity index (χ0n) is 11.7. The Labute approximate surface area is 150 Å². The molecule has 2 rings (SSSR count). The van der Waals surface area contributed by atoms with E-state index in [1.165, 1.54) is 12.1 Å². The Balaban J connectivity index is 2.08. The van der Waals surface area contributed by atoms with E-state index >= 15 is 0 Å². The molecule has 0 aliphatic heterocycles. The van der Waals surface area contributed by atoms with Gasteiger partial charge in [0, 0.05) is 12.1 Å². The van der Waals surface area contributed by atoms with Crippen molar-refractivity contribution in [2.45, 2.75) is 0 Å². The minimum Gasteiger partial charge on any atom is -0.477 e. The summed E-state index contributed by atoms with van der Waals surface area (Å²) in [5.41, 5.74) is -0.273. The number of nitrogens with one attached hydrogen (secondary N) is 1. The molecule has 0 aromatic heterocycles. The number of anilines is 1. The van der Waals surface area contributed by atoms with Crippen LogP contribution in [0.3, 0.4) is 0 Å². The van der Waals surface area contributed by atoms with Crippen LogP contribution in [-0.4, -0.2) is 17.4 Å². The molecule has 10 heteroatoms. The van der Waals surface area contributed by atoms with E-state index in [0.29, 0.717) is 0 Å². The predicted molar refractivity (Wildman–Crippen MR) is 88.7 cm³/mol. The van der Waals surface area contributed by atoms with Gasteiger partial charge in [-0.25, -0.2) is 4.39 Å². The Morgan fingerprint density at radius 3 is 2.50 bits per heavy atom. The van der Waals surface area contributed by atoms with Crippen molar-refractivity contribution < 1.29 is 18.8 Å². The van der Waals surface area contributed by atoms with Crippen LogP contribution >= 0.6 is 34.8 Å². The predicted octanol–water partition coefficient (Wildman–Crippen LogP) is 4.71. The summed E-state index contributed by atoms with van der Waals surface area (Å²) in [7, 11) is 0. The smallest absolute Gasteiger partial charge is 0.311 e. The van der Waals surface area contributed by atoms with Gasteiger partial charge in [0.15, 0.2) is 6.61 Å². The quantitative estimate of drug-likeness (QED) is 0.453. The van der Waals surface area contributed by atoms with Gasteiger partial charge in [-0.15, -0.1) is 0 Å². The van der Waals surface area contributed by atoms with E-state index < -0.39 is 28.9 Å². The fraction of sp³-hybridized carbons (Fsp3) is 0.0714. The Bertz CT molecular complexity index is 817. The first-order valence-corrected chi connectivity index (χ1v) is 7.42. The summed E-state index contributed by atoms with van der Waals surface area (Å²) in [6, 6.07) is 5.37. The molecular weight excluding hydrogens is 386 g/mol. The number of hydrogen-bond donors (Lipinski definition) is 1. The lowest BCUT2D eigenvalue weighted by molar-refractivity contribution is -0.385. The third-order valence-corrected chi connectivity index (χ3v) is 3.80. The normalized spacial score (nSPS) is 10.3. The number of hydrogen-bond acceptors (Lipinski definition) is 4. The van der Waals surface area contributed by atoms with Crippen molar-refractivity contribution in [2.24, 2.45) is 0 Å². The lowest BCUT2D eigenvalue weighted by Gasteiger charge is -2.10. The van der Waals surface area contributed by atoms with Gasteiger partial charge in [0.05, 0.1) is 25.7 Å². The zero-order chi connectivity index (χ0) is 17.9.